The lowest BCUT2D eigenvalue weighted by molar-refractivity contribution is 0.313. The summed E-state index contributed by atoms with van der Waals surface area (Å²) in [5.41, 5.74) is 4.09. The maximum absolute atomic E-state index is 13.5. The van der Waals surface area contributed by atoms with E-state index in [0.29, 0.717) is 33.3 Å². The smallest absolute Gasteiger partial charge is 0.282 e. The van der Waals surface area contributed by atoms with E-state index in [9.17, 15) is 4.79 Å². The number of likely N-dealkylation sites (N-methyl/N-ethyl adjacent to an activating group) is 1. The van der Waals surface area contributed by atoms with Crippen LogP contribution in [0, 0.1) is 0 Å². The molecule has 0 aliphatic carbocycles. The summed E-state index contributed by atoms with van der Waals surface area (Å²) < 4.78 is 1.32. The Labute approximate surface area is 225 Å². The molecule has 1 aliphatic rings. The highest BCUT2D eigenvalue weighted by molar-refractivity contribution is 6.32. The normalized spacial score (nSPS) is 14.1. The highest BCUT2D eigenvalue weighted by Crippen LogP contribution is 2.27. The number of anilines is 3. The van der Waals surface area contributed by atoms with Gasteiger partial charge in [-0.3, -0.25) is 4.79 Å². The lowest BCUT2D eigenvalue weighted by Crippen LogP contribution is -2.44. The van der Waals surface area contributed by atoms with Crippen LogP contribution in [0.1, 0.15) is 0 Å². The van der Waals surface area contributed by atoms with E-state index in [1.165, 1.54) is 10.4 Å². The Morgan fingerprint density at radius 3 is 2.32 bits per heavy atom. The summed E-state index contributed by atoms with van der Waals surface area (Å²) in [5.74, 6) is 0.388. The van der Waals surface area contributed by atoms with Crippen LogP contribution in [0.2, 0.25) is 5.02 Å². The van der Waals surface area contributed by atoms with Gasteiger partial charge < -0.3 is 15.1 Å². The molecule has 1 aliphatic heterocycles. The molecule has 0 saturated carbocycles. The van der Waals surface area contributed by atoms with Crippen LogP contribution in [-0.4, -0.2) is 57.9 Å². The van der Waals surface area contributed by atoms with Gasteiger partial charge in [0.05, 0.1) is 16.1 Å². The Kier molecular flexibility index (Phi) is 6.49. The summed E-state index contributed by atoms with van der Waals surface area (Å²) in [6, 6.07) is 25.0. The van der Waals surface area contributed by atoms with Gasteiger partial charge in [0, 0.05) is 49.3 Å². The number of nitrogens with one attached hydrogen (secondary N) is 1. The zero-order valence-corrected chi connectivity index (χ0v) is 21.6. The summed E-state index contributed by atoms with van der Waals surface area (Å²) in [6.45, 7) is 4.14. The van der Waals surface area contributed by atoms with E-state index in [-0.39, 0.29) is 5.56 Å². The molecule has 9 heteroatoms. The fraction of sp³-hybridized carbons (Fsp3) is 0.172. The van der Waals surface area contributed by atoms with Gasteiger partial charge in [-0.15, -0.1) is 0 Å². The first-order valence-corrected chi connectivity index (χ1v) is 12.9. The molecule has 0 spiro atoms. The fourth-order valence-corrected chi connectivity index (χ4v) is 4.83. The third-order valence-corrected chi connectivity index (χ3v) is 7.08. The van der Waals surface area contributed by atoms with Crippen molar-refractivity contribution in [2.24, 2.45) is 0 Å². The van der Waals surface area contributed by atoms with Crippen molar-refractivity contribution in [2.45, 2.75) is 0 Å². The summed E-state index contributed by atoms with van der Waals surface area (Å²) in [7, 11) is 2.15. The number of fused-ring (bicyclic) bond motifs is 1. The summed E-state index contributed by atoms with van der Waals surface area (Å²) in [6.07, 6.45) is 1.55. The lowest BCUT2D eigenvalue weighted by Gasteiger charge is -2.34. The molecule has 38 heavy (non-hydrogen) atoms. The van der Waals surface area contributed by atoms with Crippen LogP contribution in [0.3, 0.4) is 0 Å². The van der Waals surface area contributed by atoms with Crippen molar-refractivity contribution in [2.75, 3.05) is 43.4 Å². The second kappa shape index (κ2) is 10.2. The Hall–Kier alpha value is -4.27. The number of halogens is 1. The van der Waals surface area contributed by atoms with Gasteiger partial charge in [0.1, 0.15) is 11.2 Å². The van der Waals surface area contributed by atoms with Crippen LogP contribution in [0.5, 0.6) is 0 Å². The maximum Gasteiger partial charge on any atom is 0.282 e. The molecule has 0 amide bonds. The zero-order chi connectivity index (χ0) is 26.1. The molecule has 6 rings (SSSR count). The van der Waals surface area contributed by atoms with Crippen molar-refractivity contribution in [1.29, 1.82) is 0 Å². The van der Waals surface area contributed by atoms with Crippen LogP contribution < -0.4 is 15.8 Å². The van der Waals surface area contributed by atoms with Crippen LogP contribution in [0.15, 0.2) is 89.9 Å². The molecule has 3 aromatic carbocycles. The minimum Gasteiger partial charge on any atom is -0.369 e. The second-order valence-corrected chi connectivity index (χ2v) is 9.71. The van der Waals surface area contributed by atoms with E-state index < -0.39 is 0 Å². The van der Waals surface area contributed by atoms with E-state index in [1.54, 1.807) is 18.3 Å². The predicted molar refractivity (Wildman–Crippen MR) is 153 cm³/mol. The minimum atomic E-state index is -0.337. The molecule has 2 aromatic heterocycles. The van der Waals surface area contributed by atoms with Crippen molar-refractivity contribution < 1.29 is 0 Å². The molecule has 8 nitrogen and oxygen atoms in total. The summed E-state index contributed by atoms with van der Waals surface area (Å²) in [5, 5.41) is 8.78. The Morgan fingerprint density at radius 2 is 1.58 bits per heavy atom. The first kappa shape index (κ1) is 24.1. The van der Waals surface area contributed by atoms with Crippen molar-refractivity contribution in [3.05, 3.63) is 100 Å². The molecule has 0 radical (unpaired) electrons. The number of para-hydroxylation sites is 1. The van der Waals surface area contributed by atoms with E-state index in [1.807, 2.05) is 54.6 Å². The Morgan fingerprint density at radius 1 is 0.868 bits per heavy atom. The lowest BCUT2D eigenvalue weighted by atomic mass is 10.1. The van der Waals surface area contributed by atoms with Gasteiger partial charge in [-0.2, -0.15) is 9.78 Å². The molecule has 1 saturated heterocycles. The predicted octanol–water partition coefficient (Wildman–Crippen LogP) is 4.99. The van der Waals surface area contributed by atoms with Gasteiger partial charge in [-0.25, -0.2) is 9.97 Å². The van der Waals surface area contributed by atoms with Crippen LogP contribution in [0.25, 0.3) is 27.8 Å². The highest BCUT2D eigenvalue weighted by Gasteiger charge is 2.18. The highest BCUT2D eigenvalue weighted by atomic mass is 35.5. The van der Waals surface area contributed by atoms with Gasteiger partial charge in [-0.1, -0.05) is 54.1 Å². The number of rotatable bonds is 5. The first-order chi connectivity index (χ1) is 18.6. The fourth-order valence-electron chi connectivity index (χ4n) is 4.61. The van der Waals surface area contributed by atoms with E-state index in [2.05, 4.69) is 39.3 Å². The molecular weight excluding hydrogens is 498 g/mol. The quantitative estimate of drug-likeness (QED) is 0.347. The largest absolute Gasteiger partial charge is 0.369 e. The summed E-state index contributed by atoms with van der Waals surface area (Å²) in [4.78, 5) is 27.4. The minimum absolute atomic E-state index is 0.337. The SMILES string of the molecule is CN1CCN(c2ccc(Nc3ncc4c(=O)n(-c5ccccc5Cl)nc(-c5ccccc5)c4n3)cc2)CC1. The molecule has 3 heterocycles. The number of nitrogens with zero attached hydrogens (tertiary/aromatic N) is 6. The van der Waals surface area contributed by atoms with Crippen LogP contribution in [0.4, 0.5) is 17.3 Å². The van der Waals surface area contributed by atoms with Gasteiger partial charge in [-0.05, 0) is 43.4 Å². The molecule has 1 fully saturated rings. The number of piperazine rings is 1. The third kappa shape index (κ3) is 4.71. The number of benzene rings is 3. The molecule has 5 aromatic rings. The van der Waals surface area contributed by atoms with Gasteiger partial charge >= 0.3 is 0 Å². The molecule has 0 unspecified atom stereocenters. The van der Waals surface area contributed by atoms with E-state index in [4.69, 9.17) is 21.7 Å². The van der Waals surface area contributed by atoms with Crippen molar-refractivity contribution in [1.82, 2.24) is 24.6 Å². The molecule has 0 bridgehead atoms. The molecule has 1 N–H and O–H groups in total. The van der Waals surface area contributed by atoms with Gasteiger partial charge in [0.2, 0.25) is 5.95 Å². The first-order valence-electron chi connectivity index (χ1n) is 12.5. The van der Waals surface area contributed by atoms with Crippen LogP contribution >= 0.6 is 11.6 Å². The van der Waals surface area contributed by atoms with E-state index >= 15 is 0 Å². The molecule has 190 valence electrons. The maximum atomic E-state index is 13.5. The Bertz CT molecular complexity index is 1650. The second-order valence-electron chi connectivity index (χ2n) is 9.30. The van der Waals surface area contributed by atoms with Crippen molar-refractivity contribution >= 4 is 39.8 Å². The average Bonchev–Trinajstić information content (AvgIpc) is 2.95. The molecular formula is C29H26ClN7O. The van der Waals surface area contributed by atoms with Crippen molar-refractivity contribution in [3.8, 4) is 16.9 Å². The monoisotopic (exact) mass is 523 g/mol. The molecule has 0 atom stereocenters. The number of aromatic nitrogens is 4. The summed E-state index contributed by atoms with van der Waals surface area (Å²) >= 11 is 6.42. The third-order valence-electron chi connectivity index (χ3n) is 6.76. The number of hydrogen-bond acceptors (Lipinski definition) is 7. The number of hydrogen-bond donors (Lipinski definition) is 1. The van der Waals surface area contributed by atoms with Crippen LogP contribution in [-0.2, 0) is 0 Å². The van der Waals surface area contributed by atoms with Crippen molar-refractivity contribution in [3.63, 3.8) is 0 Å². The topological polar surface area (TPSA) is 79.2 Å². The zero-order valence-electron chi connectivity index (χ0n) is 20.9. The van der Waals surface area contributed by atoms with Gasteiger partial charge in [0.15, 0.2) is 0 Å². The average molecular weight is 524 g/mol. The van der Waals surface area contributed by atoms with Gasteiger partial charge in [0.25, 0.3) is 5.56 Å². The van der Waals surface area contributed by atoms with E-state index in [0.717, 1.165) is 37.4 Å². The Balaban J connectivity index is 1.38. The standard InChI is InChI=1S/C29H26ClN7O/c1-35-15-17-36(18-16-35)22-13-11-21(12-14-22)32-29-31-19-23-27(33-29)26(20-7-3-2-4-8-20)34-37(28(23)38)25-10-6-5-9-24(25)30/h2-14,19H,15-18H2,1H3,(H,31,32,33).